The van der Waals surface area contributed by atoms with Crippen LogP contribution in [0.4, 0.5) is 0 Å². The normalized spacial score (nSPS) is 33.4. The van der Waals surface area contributed by atoms with E-state index in [1.54, 1.807) is 22.7 Å². The summed E-state index contributed by atoms with van der Waals surface area (Å²) < 4.78 is 0. The molecule has 2 aromatic carbocycles. The van der Waals surface area contributed by atoms with E-state index in [1.165, 1.54) is 88.2 Å². The average Bonchev–Trinajstić information content (AvgIpc) is 3.70. The lowest BCUT2D eigenvalue weighted by molar-refractivity contribution is -0.00603. The fourth-order valence-electron chi connectivity index (χ4n) is 13.3. The van der Waals surface area contributed by atoms with Gasteiger partial charge in [0.05, 0.1) is 21.1 Å². The van der Waals surface area contributed by atoms with E-state index in [4.69, 9.17) is 4.98 Å². The van der Waals surface area contributed by atoms with Crippen LogP contribution in [0.15, 0.2) is 77.5 Å². The van der Waals surface area contributed by atoms with Gasteiger partial charge in [0.15, 0.2) is 0 Å². The first kappa shape index (κ1) is 30.2. The predicted molar refractivity (Wildman–Crippen MR) is 205 cm³/mol. The molecule has 2 N–H and O–H groups in total. The molecule has 0 aliphatic heterocycles. The van der Waals surface area contributed by atoms with Crippen LogP contribution in [-0.2, 0) is 10.8 Å². The number of aromatic hydroxyl groups is 2. The fourth-order valence-corrected chi connectivity index (χ4v) is 15.5. The van der Waals surface area contributed by atoms with Crippen molar-refractivity contribution in [2.45, 2.75) is 87.9 Å². The molecule has 8 aliphatic carbocycles. The number of nitrogens with zero attached hydrogens (tertiary/aromatic N) is 1. The predicted octanol–water partition coefficient (Wildman–Crippen LogP) is 12.2. The van der Waals surface area contributed by atoms with Crippen molar-refractivity contribution < 1.29 is 10.2 Å². The molecular weight excluding hydrogens is 651 g/mol. The van der Waals surface area contributed by atoms with Gasteiger partial charge in [-0.1, -0.05) is 54.6 Å². The molecule has 5 aromatic rings. The van der Waals surface area contributed by atoms with E-state index in [2.05, 4.69) is 77.5 Å². The topological polar surface area (TPSA) is 53.4 Å². The highest BCUT2D eigenvalue weighted by atomic mass is 32.1. The van der Waals surface area contributed by atoms with Crippen LogP contribution in [0.25, 0.3) is 43.4 Å². The molecule has 3 heterocycles. The Labute approximate surface area is 303 Å². The minimum absolute atomic E-state index is 0.160. The molecule has 0 saturated heterocycles. The van der Waals surface area contributed by atoms with E-state index in [0.29, 0.717) is 11.5 Å². The second kappa shape index (κ2) is 11.0. The number of thiophene rings is 2. The van der Waals surface area contributed by atoms with Crippen LogP contribution in [0.3, 0.4) is 0 Å². The van der Waals surface area contributed by atoms with Crippen LogP contribution >= 0.6 is 22.7 Å². The Bertz CT molecular complexity index is 1920. The summed E-state index contributed by atoms with van der Waals surface area (Å²) in [6.07, 6.45) is 15.9. The van der Waals surface area contributed by atoms with Crippen molar-refractivity contribution in [1.29, 1.82) is 0 Å². The van der Waals surface area contributed by atoms with Crippen molar-refractivity contribution in [2.24, 2.45) is 35.5 Å². The molecule has 50 heavy (non-hydrogen) atoms. The number of pyridine rings is 1. The molecular formula is C45H45NO2S2. The summed E-state index contributed by atoms with van der Waals surface area (Å²) in [6, 6.07) is 23.3. The van der Waals surface area contributed by atoms with E-state index in [-0.39, 0.29) is 10.8 Å². The van der Waals surface area contributed by atoms with Gasteiger partial charge in [-0.3, -0.25) is 0 Å². The number of rotatable bonds is 6. The molecule has 5 heteroatoms. The third kappa shape index (κ3) is 4.54. The van der Waals surface area contributed by atoms with Crippen LogP contribution in [0.5, 0.6) is 11.5 Å². The van der Waals surface area contributed by atoms with E-state index < -0.39 is 0 Å². The van der Waals surface area contributed by atoms with Crippen LogP contribution in [-0.4, -0.2) is 15.2 Å². The van der Waals surface area contributed by atoms with Crippen LogP contribution in [0.1, 0.15) is 88.2 Å². The number of hydrogen-bond donors (Lipinski definition) is 2. The molecule has 3 nitrogen and oxygen atoms in total. The van der Waals surface area contributed by atoms with Gasteiger partial charge in [0.1, 0.15) is 11.5 Å². The lowest BCUT2D eigenvalue weighted by atomic mass is 9.48. The summed E-state index contributed by atoms with van der Waals surface area (Å²) in [7, 11) is 0. The summed E-state index contributed by atoms with van der Waals surface area (Å²) >= 11 is 3.41. The van der Waals surface area contributed by atoms with Crippen LogP contribution in [0.2, 0.25) is 0 Å². The molecule has 0 amide bonds. The Balaban J connectivity index is 0.950. The lowest BCUT2D eigenvalue weighted by Crippen LogP contribution is -2.48. The van der Waals surface area contributed by atoms with E-state index >= 15 is 0 Å². The third-order valence-corrected chi connectivity index (χ3v) is 16.4. The molecule has 8 bridgehead atoms. The first-order valence-electron chi connectivity index (χ1n) is 19.2. The maximum Gasteiger partial charge on any atom is 0.137 e. The Kier molecular flexibility index (Phi) is 6.68. The second-order valence-electron chi connectivity index (χ2n) is 17.5. The van der Waals surface area contributed by atoms with E-state index in [1.807, 2.05) is 0 Å². The Morgan fingerprint density at radius 1 is 0.460 bits per heavy atom. The fraction of sp³-hybridized carbons (Fsp3) is 0.444. The second-order valence-corrected chi connectivity index (χ2v) is 19.3. The highest BCUT2D eigenvalue weighted by Gasteiger charge is 2.54. The zero-order valence-electron chi connectivity index (χ0n) is 28.6. The molecule has 8 saturated carbocycles. The zero-order chi connectivity index (χ0) is 33.2. The van der Waals surface area contributed by atoms with Gasteiger partial charge in [-0.05, 0) is 135 Å². The summed E-state index contributed by atoms with van der Waals surface area (Å²) in [4.78, 5) is 7.26. The SMILES string of the molecule is Oc1c(C23CC4CC(CC(C4)C2)C3)csc1-c1ccccc1-c1cccc(-c2ccccc2-c2scc(C34CC5CC(CC(C5)C3)C4)c2O)n1. The summed E-state index contributed by atoms with van der Waals surface area (Å²) in [5.74, 6) is 6.05. The van der Waals surface area contributed by atoms with E-state index in [0.717, 1.165) is 78.9 Å². The van der Waals surface area contributed by atoms with Crippen LogP contribution in [0, 0.1) is 35.5 Å². The maximum absolute atomic E-state index is 12.0. The van der Waals surface area contributed by atoms with Crippen molar-refractivity contribution in [2.75, 3.05) is 0 Å². The molecule has 0 atom stereocenters. The third-order valence-electron chi connectivity index (χ3n) is 14.4. The largest absolute Gasteiger partial charge is 0.506 e. The standard InChI is InChI=1S/C45H45NO2S2/c47-40-36(44-18-26-12-27(19-44)14-28(13-26)20-44)24-49-42(40)34-8-3-1-6-32(34)38-10-5-11-39(46-38)33-7-2-4-9-35(33)43-41(48)37(25-50-43)45-21-29-15-30(22-45)17-31(16-29)23-45/h1-11,24-31,47-48H,12-23H2. The minimum Gasteiger partial charge on any atom is -0.506 e. The van der Waals surface area contributed by atoms with Crippen molar-refractivity contribution in [3.8, 4) is 54.9 Å². The van der Waals surface area contributed by atoms with Gasteiger partial charge in [0.2, 0.25) is 0 Å². The van der Waals surface area contributed by atoms with Crippen LogP contribution < -0.4 is 0 Å². The van der Waals surface area contributed by atoms with Gasteiger partial charge in [-0.2, -0.15) is 0 Å². The Morgan fingerprint density at radius 3 is 1.16 bits per heavy atom. The molecule has 0 unspecified atom stereocenters. The van der Waals surface area contributed by atoms with Gasteiger partial charge >= 0.3 is 0 Å². The smallest absolute Gasteiger partial charge is 0.137 e. The summed E-state index contributed by atoms with van der Waals surface area (Å²) in [5, 5.41) is 28.5. The first-order valence-corrected chi connectivity index (χ1v) is 21.0. The van der Waals surface area contributed by atoms with Gasteiger partial charge in [-0.25, -0.2) is 4.98 Å². The molecule has 8 aliphatic rings. The summed E-state index contributed by atoms with van der Waals surface area (Å²) in [5.41, 5.74) is 8.76. The number of benzene rings is 2. The molecule has 8 fully saturated rings. The van der Waals surface area contributed by atoms with E-state index in [9.17, 15) is 10.2 Å². The van der Waals surface area contributed by atoms with Gasteiger partial charge in [-0.15, -0.1) is 22.7 Å². The highest BCUT2D eigenvalue weighted by molar-refractivity contribution is 7.14. The molecule has 13 rings (SSSR count). The highest BCUT2D eigenvalue weighted by Crippen LogP contribution is 2.65. The maximum atomic E-state index is 12.0. The Hall–Kier alpha value is -3.41. The van der Waals surface area contributed by atoms with Gasteiger partial charge < -0.3 is 10.2 Å². The minimum atomic E-state index is 0.160. The number of hydrogen-bond acceptors (Lipinski definition) is 5. The van der Waals surface area contributed by atoms with Gasteiger partial charge in [0.25, 0.3) is 0 Å². The molecule has 254 valence electrons. The van der Waals surface area contributed by atoms with Crippen molar-refractivity contribution >= 4 is 22.7 Å². The average molecular weight is 696 g/mol. The number of aromatic nitrogens is 1. The molecule has 0 radical (unpaired) electrons. The summed E-state index contributed by atoms with van der Waals surface area (Å²) in [6.45, 7) is 0. The lowest BCUT2D eigenvalue weighted by Gasteiger charge is -2.56. The zero-order valence-corrected chi connectivity index (χ0v) is 30.2. The molecule has 3 aromatic heterocycles. The monoisotopic (exact) mass is 695 g/mol. The van der Waals surface area contributed by atoms with Gasteiger partial charge in [0, 0.05) is 44.2 Å². The van der Waals surface area contributed by atoms with Crippen molar-refractivity contribution in [3.05, 3.63) is 88.6 Å². The molecule has 0 spiro atoms. The first-order chi connectivity index (χ1) is 24.4. The quantitative estimate of drug-likeness (QED) is 0.186. The van der Waals surface area contributed by atoms with Crippen molar-refractivity contribution in [1.82, 2.24) is 4.98 Å². The van der Waals surface area contributed by atoms with Crippen molar-refractivity contribution in [3.63, 3.8) is 0 Å². The Morgan fingerprint density at radius 2 is 0.800 bits per heavy atom.